The van der Waals surface area contributed by atoms with Gasteiger partial charge in [-0.25, -0.2) is 0 Å². The Balaban J connectivity index is 1.77. The van der Waals surface area contributed by atoms with Crippen molar-refractivity contribution in [3.8, 4) is 5.75 Å². The highest BCUT2D eigenvalue weighted by atomic mass is 31.1. The first-order valence-electron chi connectivity index (χ1n) is 13.3. The fourth-order valence-corrected chi connectivity index (χ4v) is 6.71. The van der Waals surface area contributed by atoms with Crippen LogP contribution >= 0.6 is 8.58 Å². The second kappa shape index (κ2) is 12.6. The Hall–Kier alpha value is -3.13. The summed E-state index contributed by atoms with van der Waals surface area (Å²) in [7, 11) is 2.26. The van der Waals surface area contributed by atoms with Crippen LogP contribution in [-0.2, 0) is 16.4 Å². The maximum absolute atomic E-state index is 6.17. The van der Waals surface area contributed by atoms with Crippen molar-refractivity contribution in [2.24, 2.45) is 0 Å². The second-order valence-corrected chi connectivity index (χ2v) is 12.0. The minimum absolute atomic E-state index is 0.0783. The van der Waals surface area contributed by atoms with Gasteiger partial charge in [0.05, 0.1) is 0 Å². The van der Waals surface area contributed by atoms with Crippen LogP contribution in [0.25, 0.3) is 0 Å². The van der Waals surface area contributed by atoms with E-state index in [1.807, 2.05) is 0 Å². The highest BCUT2D eigenvalue weighted by molar-refractivity contribution is 7.48. The molecule has 0 radical (unpaired) electrons. The van der Waals surface area contributed by atoms with Crippen molar-refractivity contribution in [1.29, 1.82) is 0 Å². The number of ether oxygens (including phenoxy) is 2. The molecule has 0 spiro atoms. The molecule has 4 aromatic carbocycles. The number of anilines is 2. The van der Waals surface area contributed by atoms with Gasteiger partial charge in [-0.1, -0.05) is 94.7 Å². The number of methoxy groups -OCH3 is 1. The summed E-state index contributed by atoms with van der Waals surface area (Å²) < 4.78 is 11.5. The molecule has 0 aromatic heterocycles. The zero-order valence-corrected chi connectivity index (χ0v) is 24.5. The molecular formula is C34H40NO2P. The molecule has 0 aliphatic carbocycles. The van der Waals surface area contributed by atoms with Gasteiger partial charge in [-0.05, 0) is 73.5 Å². The number of hydrogen-bond acceptors (Lipinski definition) is 3. The maximum Gasteiger partial charge on any atom is 0.188 e. The fourth-order valence-electron chi connectivity index (χ4n) is 5.05. The molecule has 0 N–H and O–H groups in total. The summed E-state index contributed by atoms with van der Waals surface area (Å²) in [5, 5.41) is 1.36. The van der Waals surface area contributed by atoms with Crippen LogP contribution in [0, 0.1) is 20.8 Å². The van der Waals surface area contributed by atoms with Crippen LogP contribution < -0.4 is 14.9 Å². The Morgan fingerprint density at radius 2 is 1.42 bits per heavy atom. The van der Waals surface area contributed by atoms with E-state index in [1.54, 1.807) is 7.11 Å². The van der Waals surface area contributed by atoms with Crippen LogP contribution in [0.5, 0.6) is 5.75 Å². The van der Waals surface area contributed by atoms with E-state index in [1.165, 1.54) is 38.9 Å². The van der Waals surface area contributed by atoms with Gasteiger partial charge < -0.3 is 14.4 Å². The third-order valence-electron chi connectivity index (χ3n) is 7.27. The Labute approximate surface area is 230 Å². The van der Waals surface area contributed by atoms with Gasteiger partial charge in [0.2, 0.25) is 0 Å². The van der Waals surface area contributed by atoms with Gasteiger partial charge >= 0.3 is 0 Å². The average molecular weight is 526 g/mol. The molecule has 0 aliphatic rings. The van der Waals surface area contributed by atoms with E-state index in [4.69, 9.17) is 9.47 Å². The van der Waals surface area contributed by atoms with Crippen molar-refractivity contribution >= 4 is 25.3 Å². The summed E-state index contributed by atoms with van der Waals surface area (Å²) in [4.78, 5) is 2.41. The molecule has 0 heterocycles. The summed E-state index contributed by atoms with van der Waals surface area (Å²) in [6.07, 6.45) is 1.01. The van der Waals surface area contributed by atoms with Gasteiger partial charge in [0.1, 0.15) is 5.75 Å². The summed E-state index contributed by atoms with van der Waals surface area (Å²) in [6.45, 7) is 12.3. The van der Waals surface area contributed by atoms with Gasteiger partial charge in [-0.3, -0.25) is 0 Å². The summed E-state index contributed by atoms with van der Waals surface area (Å²) in [5.41, 5.74) is 8.77. The van der Waals surface area contributed by atoms with E-state index in [2.05, 4.69) is 131 Å². The largest absolute Gasteiger partial charge is 0.467 e. The third-order valence-corrected chi connectivity index (χ3v) is 9.41. The average Bonchev–Trinajstić information content (AvgIpc) is 2.93. The molecule has 0 bridgehead atoms. The Bertz CT molecular complexity index is 1300. The number of benzene rings is 4. The zero-order chi connectivity index (χ0) is 27.1. The molecule has 4 rings (SSSR count). The predicted octanol–water partition coefficient (Wildman–Crippen LogP) is 8.56. The molecule has 0 saturated carbocycles. The maximum atomic E-state index is 6.17. The zero-order valence-electron chi connectivity index (χ0n) is 23.5. The Morgan fingerprint density at radius 3 is 2.00 bits per heavy atom. The number of para-hydroxylation sites is 2. The molecule has 198 valence electrons. The lowest BCUT2D eigenvalue weighted by atomic mass is 9.92. The van der Waals surface area contributed by atoms with E-state index in [9.17, 15) is 0 Å². The van der Waals surface area contributed by atoms with Crippen molar-refractivity contribution < 1.29 is 9.47 Å². The van der Waals surface area contributed by atoms with E-state index in [-0.39, 0.29) is 11.9 Å². The topological polar surface area (TPSA) is 21.7 Å². The molecule has 0 fully saturated rings. The lowest BCUT2D eigenvalue weighted by Crippen LogP contribution is -2.26. The molecule has 38 heavy (non-hydrogen) atoms. The standard InChI is InChI=1S/C34H40NO2P/c1-7-34(5,31-22-25(2)21-27(4)32(31)37-24-36-6)38-33-26(3)15-14-16-28(33)23-35(29-17-10-8-11-18-29)30-19-12-9-13-20-30/h8-22,38H,7,23-24H2,1-6H3. The third kappa shape index (κ3) is 6.29. The van der Waals surface area contributed by atoms with Crippen molar-refractivity contribution in [3.05, 3.63) is 119 Å². The normalized spacial score (nSPS) is 13.0. The van der Waals surface area contributed by atoms with Gasteiger partial charge in [0.15, 0.2) is 6.79 Å². The fraction of sp³-hybridized carbons (Fsp3) is 0.294. The van der Waals surface area contributed by atoms with Gasteiger partial charge in [-0.2, -0.15) is 0 Å². The minimum Gasteiger partial charge on any atom is -0.467 e. The summed E-state index contributed by atoms with van der Waals surface area (Å²) >= 11 is 0. The van der Waals surface area contributed by atoms with Crippen LogP contribution in [0.15, 0.2) is 91.0 Å². The first-order chi connectivity index (χ1) is 18.4. The van der Waals surface area contributed by atoms with Crippen LogP contribution in [0.3, 0.4) is 0 Å². The van der Waals surface area contributed by atoms with E-state index < -0.39 is 0 Å². The summed E-state index contributed by atoms with van der Waals surface area (Å²) in [6, 6.07) is 32.6. The van der Waals surface area contributed by atoms with E-state index in [0.29, 0.717) is 8.58 Å². The number of nitrogens with zero attached hydrogens (tertiary/aromatic N) is 1. The first kappa shape index (κ1) is 27.9. The molecule has 4 aromatic rings. The molecular weight excluding hydrogens is 485 g/mol. The van der Waals surface area contributed by atoms with Gasteiger partial charge in [-0.15, -0.1) is 0 Å². The van der Waals surface area contributed by atoms with Crippen molar-refractivity contribution in [3.63, 3.8) is 0 Å². The lowest BCUT2D eigenvalue weighted by molar-refractivity contribution is 0.0495. The van der Waals surface area contributed by atoms with Gasteiger partial charge in [0.25, 0.3) is 0 Å². The minimum atomic E-state index is -0.0783. The first-order valence-corrected chi connectivity index (χ1v) is 14.3. The van der Waals surface area contributed by atoms with Crippen LogP contribution in [-0.4, -0.2) is 13.9 Å². The Morgan fingerprint density at radius 1 is 0.789 bits per heavy atom. The predicted molar refractivity (Wildman–Crippen MR) is 164 cm³/mol. The highest BCUT2D eigenvalue weighted by Crippen LogP contribution is 2.49. The molecule has 4 heteroatoms. The molecule has 2 unspecified atom stereocenters. The Kier molecular flexibility index (Phi) is 9.26. The second-order valence-electron chi connectivity index (χ2n) is 10.2. The number of rotatable bonds is 11. The smallest absolute Gasteiger partial charge is 0.188 e. The van der Waals surface area contributed by atoms with Crippen LogP contribution in [0.1, 0.15) is 48.1 Å². The van der Waals surface area contributed by atoms with Gasteiger partial charge in [0, 0.05) is 35.7 Å². The number of hydrogen-bond donors (Lipinski definition) is 0. The van der Waals surface area contributed by atoms with E-state index >= 15 is 0 Å². The van der Waals surface area contributed by atoms with Crippen molar-refractivity contribution in [1.82, 2.24) is 0 Å². The molecule has 2 atom stereocenters. The van der Waals surface area contributed by atoms with Crippen molar-refractivity contribution in [2.45, 2.75) is 52.7 Å². The summed E-state index contributed by atoms with van der Waals surface area (Å²) in [5.74, 6) is 0.958. The molecule has 3 nitrogen and oxygen atoms in total. The molecule has 0 saturated heterocycles. The molecule has 0 amide bonds. The van der Waals surface area contributed by atoms with E-state index in [0.717, 1.165) is 24.3 Å². The lowest BCUT2D eigenvalue weighted by Gasteiger charge is -2.34. The van der Waals surface area contributed by atoms with Crippen LogP contribution in [0.4, 0.5) is 11.4 Å². The van der Waals surface area contributed by atoms with Crippen LogP contribution in [0.2, 0.25) is 0 Å². The monoisotopic (exact) mass is 525 g/mol. The molecule has 0 aliphatic heterocycles. The quantitative estimate of drug-likeness (QED) is 0.145. The SMILES string of the molecule is CCC(C)(Pc1c(C)cccc1CN(c1ccccc1)c1ccccc1)c1cc(C)cc(C)c1OCOC. The highest BCUT2D eigenvalue weighted by Gasteiger charge is 2.31. The van der Waals surface area contributed by atoms with Crippen molar-refractivity contribution in [2.75, 3.05) is 18.8 Å². The number of aryl methyl sites for hydroxylation is 3.